The van der Waals surface area contributed by atoms with E-state index in [0.29, 0.717) is 11.8 Å². The summed E-state index contributed by atoms with van der Waals surface area (Å²) in [5.74, 6) is 1.02. The van der Waals surface area contributed by atoms with Crippen LogP contribution in [0.4, 0.5) is 4.39 Å². The Labute approximate surface area is 112 Å². The molecule has 1 heteroatoms. The monoisotopic (exact) mass is 249 g/mol. The molecule has 1 aromatic rings. The molecule has 0 aromatic heterocycles. The number of benzene rings is 1. The van der Waals surface area contributed by atoms with Crippen molar-refractivity contribution >= 4 is 0 Å². The summed E-state index contributed by atoms with van der Waals surface area (Å²) < 4.78 is 12.8. The van der Waals surface area contributed by atoms with E-state index in [9.17, 15) is 4.39 Å². The predicted octanol–water partition coefficient (Wildman–Crippen LogP) is 4.97. The molecule has 18 heavy (non-hydrogen) atoms. The molecule has 0 N–H and O–H groups in total. The van der Waals surface area contributed by atoms with Gasteiger partial charge in [-0.1, -0.05) is 45.9 Å². The van der Waals surface area contributed by atoms with Gasteiger partial charge in [0, 0.05) is 5.92 Å². The van der Waals surface area contributed by atoms with E-state index >= 15 is 0 Å². The Balaban J connectivity index is 3.03. The highest BCUT2D eigenvalue weighted by molar-refractivity contribution is 5.33. The fourth-order valence-electron chi connectivity index (χ4n) is 2.29. The van der Waals surface area contributed by atoms with Crippen LogP contribution in [0.25, 0.3) is 0 Å². The van der Waals surface area contributed by atoms with Gasteiger partial charge in [0.1, 0.15) is 0 Å². The third-order valence-corrected chi connectivity index (χ3v) is 3.02. The number of hydrogen-bond acceptors (Lipinski definition) is 0. The lowest BCUT2D eigenvalue weighted by molar-refractivity contribution is 0.465. The Hall–Kier alpha value is -0.850. The smallest absolute Gasteiger partial charge is 0.0962 e. The van der Waals surface area contributed by atoms with Gasteiger partial charge in [-0.05, 0) is 48.3 Å². The highest BCUT2D eigenvalue weighted by Crippen LogP contribution is 2.22. The molecule has 101 valence electrons. The molecule has 1 radical (unpaired) electrons. The van der Waals surface area contributed by atoms with Gasteiger partial charge in [0.2, 0.25) is 0 Å². The van der Waals surface area contributed by atoms with E-state index in [1.807, 2.05) is 0 Å². The van der Waals surface area contributed by atoms with Crippen molar-refractivity contribution in [1.82, 2.24) is 0 Å². The second kappa shape index (κ2) is 6.92. The Morgan fingerprint density at radius 3 is 1.72 bits per heavy atom. The molecule has 0 bridgehead atoms. The van der Waals surface area contributed by atoms with Crippen LogP contribution >= 0.6 is 0 Å². The molecule has 1 unspecified atom stereocenters. The molecule has 0 aliphatic rings. The lowest BCUT2D eigenvalue weighted by Crippen LogP contribution is -2.03. The van der Waals surface area contributed by atoms with Gasteiger partial charge in [-0.2, -0.15) is 0 Å². The van der Waals surface area contributed by atoms with Crippen LogP contribution in [0.1, 0.15) is 50.3 Å². The molecule has 0 spiro atoms. The zero-order chi connectivity index (χ0) is 13.7. The molecule has 1 aromatic carbocycles. The van der Waals surface area contributed by atoms with Crippen molar-refractivity contribution in [1.29, 1.82) is 0 Å². The molecular weight excluding hydrogens is 223 g/mol. The molecular formula is C17H26F. The van der Waals surface area contributed by atoms with Crippen molar-refractivity contribution in [3.8, 4) is 0 Å². The third-order valence-electron chi connectivity index (χ3n) is 3.02. The number of hydrogen-bond donors (Lipinski definition) is 0. The van der Waals surface area contributed by atoms with Crippen molar-refractivity contribution < 1.29 is 4.39 Å². The predicted molar refractivity (Wildman–Crippen MR) is 77.6 cm³/mol. The van der Waals surface area contributed by atoms with Crippen LogP contribution in [0.5, 0.6) is 0 Å². The first kappa shape index (κ1) is 15.2. The minimum atomic E-state index is -0.383. The van der Waals surface area contributed by atoms with Gasteiger partial charge in [0.15, 0.2) is 0 Å². The average molecular weight is 249 g/mol. The maximum atomic E-state index is 12.8. The van der Waals surface area contributed by atoms with E-state index in [1.54, 1.807) is 0 Å². The first-order valence-corrected chi connectivity index (χ1v) is 6.94. The van der Waals surface area contributed by atoms with Crippen molar-refractivity contribution in [2.75, 3.05) is 6.67 Å². The third kappa shape index (κ3) is 4.80. The Bertz CT molecular complexity index is 338. The minimum absolute atomic E-state index is 0.233. The maximum Gasteiger partial charge on any atom is 0.0962 e. The van der Waals surface area contributed by atoms with Gasteiger partial charge in [0.05, 0.1) is 6.67 Å². The molecule has 0 saturated heterocycles. The van der Waals surface area contributed by atoms with E-state index in [-0.39, 0.29) is 12.6 Å². The molecule has 0 aliphatic heterocycles. The van der Waals surface area contributed by atoms with Crippen LogP contribution in [0.15, 0.2) is 18.2 Å². The van der Waals surface area contributed by atoms with Gasteiger partial charge >= 0.3 is 0 Å². The molecule has 0 saturated carbocycles. The standard InChI is InChI=1S/C17H26F/c1-12(2)6-15-8-16(7-13(3)4)10-17(9-15)14(5)11-18/h8-10,12-14H,5-7,11H2,1-4H3. The highest BCUT2D eigenvalue weighted by atomic mass is 19.1. The average Bonchev–Trinajstić information content (AvgIpc) is 2.25. The van der Waals surface area contributed by atoms with Gasteiger partial charge in [-0.25, -0.2) is 0 Å². The van der Waals surface area contributed by atoms with Gasteiger partial charge in [-0.15, -0.1) is 0 Å². The Morgan fingerprint density at radius 2 is 1.39 bits per heavy atom. The molecule has 0 heterocycles. The summed E-state index contributed by atoms with van der Waals surface area (Å²) in [5, 5.41) is 0. The SMILES string of the molecule is [CH2]C(CF)c1cc(CC(C)C)cc(CC(C)C)c1. The first-order chi connectivity index (χ1) is 8.42. The van der Waals surface area contributed by atoms with E-state index in [4.69, 9.17) is 0 Å². The van der Waals surface area contributed by atoms with Crippen molar-refractivity contribution in [2.45, 2.75) is 46.5 Å². The number of halogens is 1. The molecule has 1 rings (SSSR count). The summed E-state index contributed by atoms with van der Waals surface area (Å²) in [7, 11) is 0. The Morgan fingerprint density at radius 1 is 0.944 bits per heavy atom. The zero-order valence-electron chi connectivity index (χ0n) is 12.2. The van der Waals surface area contributed by atoms with Crippen LogP contribution in [0, 0.1) is 18.8 Å². The van der Waals surface area contributed by atoms with E-state index in [1.165, 1.54) is 11.1 Å². The summed E-state index contributed by atoms with van der Waals surface area (Å²) >= 11 is 0. The molecule has 0 amide bonds. The topological polar surface area (TPSA) is 0 Å². The van der Waals surface area contributed by atoms with Crippen molar-refractivity contribution in [2.24, 2.45) is 11.8 Å². The largest absolute Gasteiger partial charge is 0.250 e. The zero-order valence-corrected chi connectivity index (χ0v) is 12.2. The number of alkyl halides is 1. The molecule has 0 aliphatic carbocycles. The lowest BCUT2D eigenvalue weighted by Gasteiger charge is -2.15. The maximum absolute atomic E-state index is 12.8. The fourth-order valence-corrected chi connectivity index (χ4v) is 2.29. The van der Waals surface area contributed by atoms with Gasteiger partial charge in [-0.3, -0.25) is 4.39 Å². The molecule has 0 nitrogen and oxygen atoms in total. The molecule has 1 atom stereocenters. The van der Waals surface area contributed by atoms with E-state index < -0.39 is 0 Å². The summed E-state index contributed by atoms with van der Waals surface area (Å²) in [6.45, 7) is 12.4. The van der Waals surface area contributed by atoms with Crippen LogP contribution in [-0.4, -0.2) is 6.67 Å². The van der Waals surface area contributed by atoms with Gasteiger partial charge in [0.25, 0.3) is 0 Å². The Kier molecular flexibility index (Phi) is 5.84. The molecule has 0 fully saturated rings. The first-order valence-electron chi connectivity index (χ1n) is 6.94. The second-order valence-electron chi connectivity index (χ2n) is 6.13. The van der Waals surface area contributed by atoms with E-state index in [2.05, 4.69) is 52.8 Å². The summed E-state index contributed by atoms with van der Waals surface area (Å²) in [5.41, 5.74) is 3.69. The van der Waals surface area contributed by atoms with Crippen molar-refractivity contribution in [3.05, 3.63) is 41.8 Å². The van der Waals surface area contributed by atoms with Crippen LogP contribution in [0.3, 0.4) is 0 Å². The second-order valence-corrected chi connectivity index (χ2v) is 6.13. The van der Waals surface area contributed by atoms with Crippen molar-refractivity contribution in [3.63, 3.8) is 0 Å². The van der Waals surface area contributed by atoms with Gasteiger partial charge < -0.3 is 0 Å². The van der Waals surface area contributed by atoms with Crippen LogP contribution in [-0.2, 0) is 12.8 Å². The minimum Gasteiger partial charge on any atom is -0.250 e. The van der Waals surface area contributed by atoms with Crippen LogP contribution in [0.2, 0.25) is 0 Å². The quantitative estimate of drug-likeness (QED) is 0.667. The summed E-state index contributed by atoms with van der Waals surface area (Å²) in [6, 6.07) is 6.52. The summed E-state index contributed by atoms with van der Waals surface area (Å²) in [4.78, 5) is 0. The highest BCUT2D eigenvalue weighted by Gasteiger charge is 2.10. The normalized spacial score (nSPS) is 13.3. The lowest BCUT2D eigenvalue weighted by atomic mass is 9.91. The van der Waals surface area contributed by atoms with Crippen LogP contribution < -0.4 is 0 Å². The number of rotatable bonds is 6. The fraction of sp³-hybridized carbons (Fsp3) is 0.588. The van der Waals surface area contributed by atoms with E-state index in [0.717, 1.165) is 18.4 Å². The summed E-state index contributed by atoms with van der Waals surface area (Å²) in [6.07, 6.45) is 2.11.